The van der Waals surface area contributed by atoms with Crippen molar-refractivity contribution < 1.29 is 9.15 Å². The van der Waals surface area contributed by atoms with Crippen LogP contribution in [0.15, 0.2) is 229 Å². The molecule has 0 saturated carbocycles. The Labute approximate surface area is 387 Å². The lowest BCUT2D eigenvalue weighted by Crippen LogP contribution is -2.16. The molecule has 12 rings (SSSR count). The zero-order chi connectivity index (χ0) is 44.9. The molecule has 0 saturated heterocycles. The smallest absolute Gasteiger partial charge is 0.135 e. The number of rotatable bonds is 8. The fourth-order valence-corrected chi connectivity index (χ4v) is 10.2. The molecule has 1 unspecified atom stereocenters. The van der Waals surface area contributed by atoms with Crippen molar-refractivity contribution in [2.24, 2.45) is 0 Å². The zero-order valence-corrected chi connectivity index (χ0v) is 37.9. The summed E-state index contributed by atoms with van der Waals surface area (Å²) in [5, 5.41) is 4.77. The van der Waals surface area contributed by atoms with E-state index in [1.807, 2.05) is 38.1 Å². The summed E-state index contributed by atoms with van der Waals surface area (Å²) in [5.74, 6) is 0.956. The molecule has 1 atom stereocenters. The first kappa shape index (κ1) is 40.9. The second-order valence-corrected chi connectivity index (χ2v) is 17.7. The molecule has 1 aromatic heterocycles. The summed E-state index contributed by atoms with van der Waals surface area (Å²) >= 11 is 0. The fraction of sp³-hybridized carbons (Fsp3) is 0.111. The van der Waals surface area contributed by atoms with Crippen molar-refractivity contribution in [3.05, 3.63) is 241 Å². The van der Waals surface area contributed by atoms with Crippen LogP contribution in [0.4, 0.5) is 11.4 Å². The van der Waals surface area contributed by atoms with Crippen molar-refractivity contribution in [2.75, 3.05) is 4.90 Å². The number of furan rings is 1. The van der Waals surface area contributed by atoms with E-state index in [2.05, 4.69) is 207 Å². The molecule has 0 fully saturated rings. The number of para-hydroxylation sites is 2. The molecular weight excluding hydrogens is 803 g/mol. The molecular formula is C63H51NO2. The van der Waals surface area contributed by atoms with E-state index in [0.717, 1.165) is 67.8 Å². The van der Waals surface area contributed by atoms with Crippen LogP contribution in [0.2, 0.25) is 0 Å². The lowest BCUT2D eigenvalue weighted by Gasteiger charge is -2.26. The number of fused-ring (bicyclic) bond motifs is 10. The van der Waals surface area contributed by atoms with Gasteiger partial charge in [0.1, 0.15) is 23.0 Å². The Hall–Kier alpha value is -7.88. The zero-order valence-electron chi connectivity index (χ0n) is 37.9. The van der Waals surface area contributed by atoms with Crippen molar-refractivity contribution in [3.63, 3.8) is 0 Å². The van der Waals surface area contributed by atoms with Gasteiger partial charge >= 0.3 is 0 Å². The Bertz CT molecular complexity index is 3500. The molecule has 2 heterocycles. The Morgan fingerprint density at radius 2 is 1.26 bits per heavy atom. The van der Waals surface area contributed by atoms with E-state index in [1.165, 1.54) is 55.3 Å². The average molecular weight is 854 g/mol. The Morgan fingerprint density at radius 1 is 0.606 bits per heavy atom. The predicted molar refractivity (Wildman–Crippen MR) is 279 cm³/mol. The predicted octanol–water partition coefficient (Wildman–Crippen LogP) is 17.3. The lowest BCUT2D eigenvalue weighted by molar-refractivity contribution is 0.278. The van der Waals surface area contributed by atoms with Crippen LogP contribution in [0.25, 0.3) is 71.7 Å². The summed E-state index contributed by atoms with van der Waals surface area (Å²) in [6.45, 7) is 12.9. The molecule has 3 aliphatic rings. The van der Waals surface area contributed by atoms with Gasteiger partial charge in [-0.05, 0) is 139 Å². The second kappa shape index (κ2) is 16.6. The lowest BCUT2D eigenvalue weighted by atomic mass is 9.81. The van der Waals surface area contributed by atoms with Gasteiger partial charge < -0.3 is 14.1 Å². The van der Waals surface area contributed by atoms with Gasteiger partial charge in [-0.15, -0.1) is 0 Å². The van der Waals surface area contributed by atoms with Gasteiger partial charge in [0.05, 0.1) is 0 Å². The van der Waals surface area contributed by atoms with Crippen LogP contribution in [0.1, 0.15) is 50.8 Å². The van der Waals surface area contributed by atoms with Gasteiger partial charge in [0.2, 0.25) is 0 Å². The first-order chi connectivity index (χ1) is 32.4. The van der Waals surface area contributed by atoms with Crippen molar-refractivity contribution in [1.29, 1.82) is 0 Å². The molecule has 2 aliphatic carbocycles. The molecule has 0 N–H and O–H groups in total. The van der Waals surface area contributed by atoms with Gasteiger partial charge in [0.15, 0.2) is 0 Å². The average Bonchev–Trinajstić information content (AvgIpc) is 4.01. The minimum absolute atomic E-state index is 0.0422. The van der Waals surface area contributed by atoms with Crippen LogP contribution in [0.5, 0.6) is 5.75 Å². The molecule has 8 aromatic carbocycles. The van der Waals surface area contributed by atoms with Gasteiger partial charge in [0, 0.05) is 51.3 Å². The fourth-order valence-electron chi connectivity index (χ4n) is 10.2. The topological polar surface area (TPSA) is 25.6 Å². The van der Waals surface area contributed by atoms with Crippen LogP contribution in [-0.4, -0.2) is 6.10 Å². The molecule has 3 nitrogen and oxygen atoms in total. The number of anilines is 2. The number of benzene rings is 8. The Kier molecular flexibility index (Phi) is 10.3. The Morgan fingerprint density at radius 3 is 2.11 bits per heavy atom. The number of nitrogens with zero attached hydrogens (tertiary/aromatic N) is 1. The van der Waals surface area contributed by atoms with E-state index >= 15 is 0 Å². The summed E-state index contributed by atoms with van der Waals surface area (Å²) in [4.78, 5) is 2.32. The van der Waals surface area contributed by atoms with E-state index in [9.17, 15) is 0 Å². The van der Waals surface area contributed by atoms with Crippen LogP contribution in [-0.2, 0) is 5.41 Å². The molecule has 320 valence electrons. The van der Waals surface area contributed by atoms with Crippen molar-refractivity contribution in [3.8, 4) is 39.1 Å². The van der Waals surface area contributed by atoms with Crippen LogP contribution in [0, 0.1) is 0 Å². The van der Waals surface area contributed by atoms with E-state index < -0.39 is 0 Å². The highest BCUT2D eigenvalue weighted by Crippen LogP contribution is 2.51. The normalized spacial score (nSPS) is 15.6. The van der Waals surface area contributed by atoms with Crippen molar-refractivity contribution in [2.45, 2.75) is 45.6 Å². The molecule has 9 aromatic rings. The molecule has 1 aliphatic heterocycles. The highest BCUT2D eigenvalue weighted by Gasteiger charge is 2.36. The summed E-state index contributed by atoms with van der Waals surface area (Å²) in [6.07, 6.45) is 13.9. The maximum atomic E-state index is 6.33. The quantitative estimate of drug-likeness (QED) is 0.142. The maximum Gasteiger partial charge on any atom is 0.135 e. The molecule has 0 amide bonds. The van der Waals surface area contributed by atoms with Gasteiger partial charge in [-0.1, -0.05) is 162 Å². The van der Waals surface area contributed by atoms with Crippen molar-refractivity contribution >= 4 is 49.7 Å². The minimum Gasteiger partial charge on any atom is -0.485 e. The molecule has 0 bridgehead atoms. The minimum atomic E-state index is -0.216. The van der Waals surface area contributed by atoms with E-state index in [0.29, 0.717) is 0 Å². The number of hydrogen-bond acceptors (Lipinski definition) is 3. The van der Waals surface area contributed by atoms with E-state index in [1.54, 1.807) is 0 Å². The SMILES string of the molecule is C=C/C=C(\C=C/N(c1ccc(-c2ccc3oc4ccccc4c3c2)cc1)c1ccc2c(c1)C(C)(C)c1cc(-c3ccc4ccccc4c3)ccc1-2)C1=CCC2Oc3ccccc3C2=C1.CC. The standard InChI is InChI=1S/C61H45NO2.C2H6/c1-4-11-39(44-23-30-59-53(35-44)51-14-7-9-16-57(51)63-59)32-33-62(47-25-20-41(21-26-47)45-24-31-60-54(36-45)52-15-8-10-17-58(52)64-60)48-27-29-50-49-28-22-46(37-55(49)61(2,3)56(50)38-48)43-19-18-40-12-5-6-13-42(40)34-43;1-2/h4-29,31-38,59H,1,30H2,2-3H3;1-2H3/b33-32-,39-11+;. The van der Waals surface area contributed by atoms with Crippen molar-refractivity contribution in [1.82, 2.24) is 0 Å². The third-order valence-corrected chi connectivity index (χ3v) is 13.6. The molecule has 0 radical (unpaired) electrons. The summed E-state index contributed by atoms with van der Waals surface area (Å²) in [6, 6.07) is 61.4. The van der Waals surface area contributed by atoms with Crippen LogP contribution >= 0.6 is 0 Å². The second-order valence-electron chi connectivity index (χ2n) is 17.7. The highest BCUT2D eigenvalue weighted by molar-refractivity contribution is 6.06. The van der Waals surface area contributed by atoms with E-state index in [4.69, 9.17) is 9.15 Å². The molecule has 0 spiro atoms. The van der Waals surface area contributed by atoms with Crippen LogP contribution in [0.3, 0.4) is 0 Å². The number of allylic oxidation sites excluding steroid dienone is 6. The first-order valence-electron chi connectivity index (χ1n) is 23.2. The number of ether oxygens (including phenoxy) is 1. The Balaban J connectivity index is 0.00000238. The van der Waals surface area contributed by atoms with Gasteiger partial charge in [-0.3, -0.25) is 0 Å². The number of hydrogen-bond donors (Lipinski definition) is 0. The van der Waals surface area contributed by atoms with Gasteiger partial charge in [-0.25, -0.2) is 0 Å². The highest BCUT2D eigenvalue weighted by atomic mass is 16.5. The third kappa shape index (κ3) is 7.00. The van der Waals surface area contributed by atoms with Crippen LogP contribution < -0.4 is 9.64 Å². The maximum absolute atomic E-state index is 6.33. The summed E-state index contributed by atoms with van der Waals surface area (Å²) < 4.78 is 12.5. The van der Waals surface area contributed by atoms with Gasteiger partial charge in [-0.2, -0.15) is 0 Å². The molecule has 66 heavy (non-hydrogen) atoms. The molecule has 3 heteroatoms. The monoisotopic (exact) mass is 853 g/mol. The largest absolute Gasteiger partial charge is 0.485 e. The first-order valence-corrected chi connectivity index (χ1v) is 23.2. The summed E-state index contributed by atoms with van der Waals surface area (Å²) in [7, 11) is 0. The van der Waals surface area contributed by atoms with Gasteiger partial charge in [0.25, 0.3) is 0 Å². The summed E-state index contributed by atoms with van der Waals surface area (Å²) in [5.41, 5.74) is 18.4. The third-order valence-electron chi connectivity index (χ3n) is 13.6. The van der Waals surface area contributed by atoms with E-state index in [-0.39, 0.29) is 11.5 Å².